The van der Waals surface area contributed by atoms with E-state index in [9.17, 15) is 4.79 Å². The Hall–Kier alpha value is -3.30. The summed E-state index contributed by atoms with van der Waals surface area (Å²) in [6.07, 6.45) is 3.02. The van der Waals surface area contributed by atoms with Gasteiger partial charge in [-0.15, -0.1) is 10.2 Å². The van der Waals surface area contributed by atoms with Gasteiger partial charge >= 0.3 is 0 Å². The molecule has 128 valence electrons. The van der Waals surface area contributed by atoms with E-state index in [2.05, 4.69) is 30.3 Å². The molecule has 3 aromatic heterocycles. The molecule has 0 saturated carbocycles. The van der Waals surface area contributed by atoms with Crippen LogP contribution in [0.25, 0.3) is 5.82 Å². The zero-order chi connectivity index (χ0) is 17.2. The average Bonchev–Trinajstić information content (AvgIpc) is 3.33. The number of carbonyl (C=O) groups is 1. The predicted molar refractivity (Wildman–Crippen MR) is 86.3 cm³/mol. The van der Waals surface area contributed by atoms with Crippen LogP contribution in [-0.2, 0) is 0 Å². The van der Waals surface area contributed by atoms with Gasteiger partial charge in [-0.25, -0.2) is 9.67 Å². The predicted octanol–water partition coefficient (Wildman–Crippen LogP) is 0.316. The summed E-state index contributed by atoms with van der Waals surface area (Å²) in [5.74, 6) is 1.90. The molecule has 0 atom stereocenters. The monoisotopic (exact) mass is 340 g/mol. The van der Waals surface area contributed by atoms with E-state index in [0.29, 0.717) is 43.5 Å². The fourth-order valence-corrected chi connectivity index (χ4v) is 2.70. The van der Waals surface area contributed by atoms with E-state index in [4.69, 9.17) is 4.52 Å². The molecule has 10 nitrogen and oxygen atoms in total. The molecule has 0 N–H and O–H groups in total. The first-order valence-corrected chi connectivity index (χ1v) is 7.87. The fraction of sp³-hybridized carbons (Fsp3) is 0.333. The van der Waals surface area contributed by atoms with Gasteiger partial charge in [-0.3, -0.25) is 4.79 Å². The summed E-state index contributed by atoms with van der Waals surface area (Å²) in [7, 11) is 0. The van der Waals surface area contributed by atoms with Crippen molar-refractivity contribution in [1.82, 2.24) is 35.0 Å². The zero-order valence-electron chi connectivity index (χ0n) is 13.6. The maximum absolute atomic E-state index is 12.4. The molecule has 4 rings (SSSR count). The van der Waals surface area contributed by atoms with E-state index >= 15 is 0 Å². The van der Waals surface area contributed by atoms with E-state index < -0.39 is 0 Å². The van der Waals surface area contributed by atoms with Crippen molar-refractivity contribution in [3.8, 4) is 5.82 Å². The standard InChI is InChI=1S/C15H16N8O2/c1-11-8-12(20-25-11)15(24)22-6-4-21(5-7-22)13-2-3-14(19-18-13)23-10-16-9-17-23/h2-3,8-10H,4-7H2,1H3. The Bertz CT molecular complexity index is 850. The quantitative estimate of drug-likeness (QED) is 0.671. The molecule has 0 aliphatic carbocycles. The van der Waals surface area contributed by atoms with Crippen molar-refractivity contribution >= 4 is 11.7 Å². The highest BCUT2D eigenvalue weighted by molar-refractivity contribution is 5.92. The molecule has 0 bridgehead atoms. The topological polar surface area (TPSA) is 106 Å². The first-order valence-electron chi connectivity index (χ1n) is 7.87. The number of aryl methyl sites for hydroxylation is 1. The van der Waals surface area contributed by atoms with Crippen LogP contribution < -0.4 is 4.90 Å². The Morgan fingerprint density at radius 2 is 1.88 bits per heavy atom. The Labute approximate surface area is 143 Å². The first-order chi connectivity index (χ1) is 12.2. The summed E-state index contributed by atoms with van der Waals surface area (Å²) in [6, 6.07) is 5.39. The minimum Gasteiger partial charge on any atom is -0.361 e. The molecule has 3 aromatic rings. The number of hydrogen-bond donors (Lipinski definition) is 0. The van der Waals surface area contributed by atoms with Crippen molar-refractivity contribution in [3.63, 3.8) is 0 Å². The van der Waals surface area contributed by atoms with Crippen LogP contribution in [0.4, 0.5) is 5.82 Å². The lowest BCUT2D eigenvalue weighted by molar-refractivity contribution is 0.0736. The molecule has 4 heterocycles. The molecule has 1 aliphatic rings. The van der Waals surface area contributed by atoms with Crippen molar-refractivity contribution in [1.29, 1.82) is 0 Å². The molecular weight excluding hydrogens is 324 g/mol. The molecule has 0 radical (unpaired) electrons. The number of rotatable bonds is 3. The van der Waals surface area contributed by atoms with Gasteiger partial charge in [0.2, 0.25) is 0 Å². The summed E-state index contributed by atoms with van der Waals surface area (Å²) < 4.78 is 6.52. The summed E-state index contributed by atoms with van der Waals surface area (Å²) >= 11 is 0. The van der Waals surface area contributed by atoms with Crippen LogP contribution in [-0.4, -0.2) is 67.1 Å². The molecule has 1 amide bonds. The number of amides is 1. The maximum atomic E-state index is 12.4. The van der Waals surface area contributed by atoms with E-state index in [1.807, 2.05) is 12.1 Å². The molecule has 1 aliphatic heterocycles. The van der Waals surface area contributed by atoms with Gasteiger partial charge in [-0.2, -0.15) is 5.10 Å². The van der Waals surface area contributed by atoms with Gasteiger partial charge < -0.3 is 14.3 Å². The highest BCUT2D eigenvalue weighted by Crippen LogP contribution is 2.15. The minimum atomic E-state index is -0.107. The van der Waals surface area contributed by atoms with E-state index in [-0.39, 0.29) is 5.91 Å². The lowest BCUT2D eigenvalue weighted by atomic mass is 10.2. The van der Waals surface area contributed by atoms with Gasteiger partial charge in [-0.05, 0) is 19.1 Å². The van der Waals surface area contributed by atoms with Gasteiger partial charge in [0.1, 0.15) is 18.4 Å². The Kier molecular flexibility index (Phi) is 3.84. The number of nitrogens with zero attached hydrogens (tertiary/aromatic N) is 8. The number of carbonyl (C=O) groups excluding carboxylic acids is 1. The maximum Gasteiger partial charge on any atom is 0.276 e. The van der Waals surface area contributed by atoms with Gasteiger partial charge in [0.05, 0.1) is 0 Å². The average molecular weight is 340 g/mol. The lowest BCUT2D eigenvalue weighted by Gasteiger charge is -2.34. The fourth-order valence-electron chi connectivity index (χ4n) is 2.70. The molecule has 0 spiro atoms. The third-order valence-electron chi connectivity index (χ3n) is 4.03. The van der Waals surface area contributed by atoms with Crippen LogP contribution in [0.15, 0.2) is 35.4 Å². The third kappa shape index (κ3) is 3.05. The number of anilines is 1. The number of hydrogen-bond acceptors (Lipinski definition) is 8. The van der Waals surface area contributed by atoms with Crippen molar-refractivity contribution in [2.24, 2.45) is 0 Å². The van der Waals surface area contributed by atoms with Crippen LogP contribution in [0, 0.1) is 6.92 Å². The largest absolute Gasteiger partial charge is 0.361 e. The molecule has 0 aromatic carbocycles. The van der Waals surface area contributed by atoms with Crippen molar-refractivity contribution in [2.75, 3.05) is 31.1 Å². The first kappa shape index (κ1) is 15.2. The summed E-state index contributed by atoms with van der Waals surface area (Å²) in [6.45, 7) is 4.32. The Morgan fingerprint density at radius 3 is 2.48 bits per heavy atom. The molecule has 10 heteroatoms. The van der Waals surface area contributed by atoms with Crippen LogP contribution >= 0.6 is 0 Å². The lowest BCUT2D eigenvalue weighted by Crippen LogP contribution is -2.49. The van der Waals surface area contributed by atoms with E-state index in [1.54, 1.807) is 28.9 Å². The summed E-state index contributed by atoms with van der Waals surface area (Å²) in [4.78, 5) is 20.1. The number of aromatic nitrogens is 6. The van der Waals surface area contributed by atoms with Crippen LogP contribution in [0.1, 0.15) is 16.2 Å². The Morgan fingerprint density at radius 1 is 1.12 bits per heavy atom. The normalized spacial score (nSPS) is 14.8. The van der Waals surface area contributed by atoms with Gasteiger partial charge in [0.15, 0.2) is 17.3 Å². The second-order valence-corrected chi connectivity index (χ2v) is 5.69. The SMILES string of the molecule is Cc1cc(C(=O)N2CCN(c3ccc(-n4cncn4)nn3)CC2)no1. The second kappa shape index (κ2) is 6.30. The van der Waals surface area contributed by atoms with Crippen molar-refractivity contribution in [3.05, 3.63) is 42.3 Å². The van der Waals surface area contributed by atoms with Crippen molar-refractivity contribution < 1.29 is 9.32 Å². The molecular formula is C15H16N8O2. The van der Waals surface area contributed by atoms with Crippen LogP contribution in [0.5, 0.6) is 0 Å². The molecule has 1 saturated heterocycles. The molecule has 1 fully saturated rings. The Balaban J connectivity index is 1.39. The minimum absolute atomic E-state index is 0.107. The van der Waals surface area contributed by atoms with E-state index in [0.717, 1.165) is 5.82 Å². The summed E-state index contributed by atoms with van der Waals surface area (Å²) in [5, 5.41) is 16.2. The van der Waals surface area contributed by atoms with E-state index in [1.165, 1.54) is 6.33 Å². The summed E-state index contributed by atoms with van der Waals surface area (Å²) in [5.41, 5.74) is 0.350. The second-order valence-electron chi connectivity index (χ2n) is 5.69. The van der Waals surface area contributed by atoms with Crippen molar-refractivity contribution in [2.45, 2.75) is 6.92 Å². The highest BCUT2D eigenvalue weighted by Gasteiger charge is 2.25. The highest BCUT2D eigenvalue weighted by atomic mass is 16.5. The zero-order valence-corrected chi connectivity index (χ0v) is 13.6. The molecule has 0 unspecified atom stereocenters. The molecule has 25 heavy (non-hydrogen) atoms. The smallest absolute Gasteiger partial charge is 0.276 e. The van der Waals surface area contributed by atoms with Gasteiger partial charge in [0.25, 0.3) is 5.91 Å². The van der Waals surface area contributed by atoms with Gasteiger partial charge in [0, 0.05) is 32.2 Å². The van der Waals surface area contributed by atoms with Crippen LogP contribution in [0.2, 0.25) is 0 Å². The number of piperazine rings is 1. The van der Waals surface area contributed by atoms with Crippen LogP contribution in [0.3, 0.4) is 0 Å². The van der Waals surface area contributed by atoms with Gasteiger partial charge in [-0.1, -0.05) is 5.16 Å². The third-order valence-corrected chi connectivity index (χ3v) is 4.03.